The molecule has 1 saturated heterocycles. The van der Waals surface area contributed by atoms with Gasteiger partial charge in [-0.2, -0.15) is 0 Å². The van der Waals surface area contributed by atoms with E-state index in [4.69, 9.17) is 20.3 Å². The molecule has 0 aliphatic carbocycles. The summed E-state index contributed by atoms with van der Waals surface area (Å²) in [5.41, 5.74) is 3.45. The van der Waals surface area contributed by atoms with Gasteiger partial charge in [0.15, 0.2) is 11.9 Å². The SMILES string of the molecule is NC(=O)c1nccn(C2OC(COP(=O)(O)O)C(O)C2O)c1=O. The van der Waals surface area contributed by atoms with Gasteiger partial charge >= 0.3 is 7.82 Å². The van der Waals surface area contributed by atoms with E-state index in [2.05, 4.69) is 9.51 Å². The second kappa shape index (κ2) is 6.45. The summed E-state index contributed by atoms with van der Waals surface area (Å²) in [6.07, 6.45) is -3.74. The van der Waals surface area contributed by atoms with Crippen LogP contribution in [0.2, 0.25) is 0 Å². The third kappa shape index (κ3) is 3.82. The molecule has 1 amide bonds. The Kier molecular flexibility index (Phi) is 4.96. The average Bonchev–Trinajstić information content (AvgIpc) is 2.72. The molecule has 23 heavy (non-hydrogen) atoms. The molecule has 1 fully saturated rings. The molecule has 4 unspecified atom stereocenters. The number of ether oxygens (including phenoxy) is 1. The zero-order valence-electron chi connectivity index (χ0n) is 11.4. The number of hydrogen-bond donors (Lipinski definition) is 5. The molecule has 0 saturated carbocycles. The normalized spacial score (nSPS) is 28.0. The van der Waals surface area contributed by atoms with Gasteiger partial charge in [0.2, 0.25) is 0 Å². The van der Waals surface area contributed by atoms with Crippen molar-refractivity contribution in [2.75, 3.05) is 6.61 Å². The van der Waals surface area contributed by atoms with Crippen molar-refractivity contribution >= 4 is 13.7 Å². The lowest BCUT2D eigenvalue weighted by atomic mass is 10.1. The zero-order chi connectivity index (χ0) is 17.4. The Morgan fingerprint density at radius 1 is 1.43 bits per heavy atom. The maximum Gasteiger partial charge on any atom is 0.469 e. The lowest BCUT2D eigenvalue weighted by molar-refractivity contribution is -0.0538. The van der Waals surface area contributed by atoms with Gasteiger partial charge in [-0.15, -0.1) is 0 Å². The molecular weight excluding hydrogens is 337 g/mol. The number of phosphoric ester groups is 1. The molecule has 0 radical (unpaired) electrons. The van der Waals surface area contributed by atoms with Crippen LogP contribution in [0.4, 0.5) is 0 Å². The monoisotopic (exact) mass is 351 g/mol. The summed E-state index contributed by atoms with van der Waals surface area (Å²) in [6.45, 7) is -0.721. The summed E-state index contributed by atoms with van der Waals surface area (Å²) in [5, 5.41) is 19.8. The highest BCUT2D eigenvalue weighted by atomic mass is 31.2. The van der Waals surface area contributed by atoms with Crippen LogP contribution in [0.3, 0.4) is 0 Å². The lowest BCUT2D eigenvalue weighted by Crippen LogP contribution is -2.38. The Hall–Kier alpha value is -1.66. The molecule has 128 valence electrons. The Bertz CT molecular complexity index is 701. The molecule has 0 spiro atoms. The predicted octanol–water partition coefficient (Wildman–Crippen LogP) is -2.93. The minimum atomic E-state index is -4.80. The fourth-order valence-electron chi connectivity index (χ4n) is 2.06. The number of aromatic nitrogens is 2. The smallest absolute Gasteiger partial charge is 0.387 e. The van der Waals surface area contributed by atoms with Crippen molar-refractivity contribution < 1.29 is 38.6 Å². The summed E-state index contributed by atoms with van der Waals surface area (Å²) in [7, 11) is -4.80. The number of rotatable bonds is 5. The van der Waals surface area contributed by atoms with Crippen molar-refractivity contribution in [3.8, 4) is 0 Å². The van der Waals surface area contributed by atoms with Gasteiger partial charge < -0.3 is 30.5 Å². The number of carbonyl (C=O) groups excluding carboxylic acids is 1. The van der Waals surface area contributed by atoms with Crippen LogP contribution in [0.15, 0.2) is 17.2 Å². The van der Waals surface area contributed by atoms with Gasteiger partial charge in [-0.3, -0.25) is 18.7 Å². The zero-order valence-corrected chi connectivity index (χ0v) is 12.3. The average molecular weight is 351 g/mol. The largest absolute Gasteiger partial charge is 0.469 e. The Balaban J connectivity index is 2.25. The first-order valence-corrected chi connectivity index (χ1v) is 7.73. The van der Waals surface area contributed by atoms with Gasteiger partial charge in [0.1, 0.15) is 18.3 Å². The molecule has 1 aliphatic heterocycles. The van der Waals surface area contributed by atoms with Gasteiger partial charge in [0, 0.05) is 12.4 Å². The number of carbonyl (C=O) groups is 1. The van der Waals surface area contributed by atoms with E-state index in [0.717, 1.165) is 17.0 Å². The molecule has 13 heteroatoms. The van der Waals surface area contributed by atoms with Crippen LogP contribution >= 0.6 is 7.82 Å². The van der Waals surface area contributed by atoms with E-state index in [9.17, 15) is 24.4 Å². The van der Waals surface area contributed by atoms with Crippen LogP contribution in [0.1, 0.15) is 16.7 Å². The molecule has 6 N–H and O–H groups in total. The maximum absolute atomic E-state index is 12.0. The number of nitrogens with zero attached hydrogens (tertiary/aromatic N) is 2. The molecule has 0 bridgehead atoms. The molecule has 4 atom stereocenters. The number of aliphatic hydroxyl groups is 2. The highest BCUT2D eigenvalue weighted by molar-refractivity contribution is 7.46. The van der Waals surface area contributed by atoms with Crippen molar-refractivity contribution in [2.24, 2.45) is 5.73 Å². The van der Waals surface area contributed by atoms with Gasteiger partial charge in [-0.25, -0.2) is 9.55 Å². The van der Waals surface area contributed by atoms with Crippen molar-refractivity contribution in [3.63, 3.8) is 0 Å². The van der Waals surface area contributed by atoms with E-state index in [-0.39, 0.29) is 0 Å². The van der Waals surface area contributed by atoms with Crippen LogP contribution in [0.25, 0.3) is 0 Å². The van der Waals surface area contributed by atoms with E-state index in [1.165, 1.54) is 0 Å². The first-order valence-electron chi connectivity index (χ1n) is 6.20. The molecular formula is C10H14N3O9P. The highest BCUT2D eigenvalue weighted by Crippen LogP contribution is 2.38. The van der Waals surface area contributed by atoms with Gasteiger partial charge in [0.05, 0.1) is 6.61 Å². The molecule has 1 aliphatic rings. The first kappa shape index (κ1) is 17.7. The number of aliphatic hydroxyl groups excluding tert-OH is 2. The standard InChI is InChI=1S/C10H14N3O9P/c11-8(16)5-9(17)13(2-1-12-5)10-7(15)6(14)4(22-10)3-21-23(18,19)20/h1-2,4,6-7,10,14-15H,3H2,(H2,11,16)(H2,18,19,20). The van der Waals surface area contributed by atoms with Gasteiger partial charge in [-0.1, -0.05) is 0 Å². The van der Waals surface area contributed by atoms with Crippen LogP contribution in [-0.2, 0) is 13.8 Å². The number of hydrogen-bond acceptors (Lipinski definition) is 8. The summed E-state index contributed by atoms with van der Waals surface area (Å²) in [5.74, 6) is -1.08. The quantitative estimate of drug-likeness (QED) is 0.343. The Morgan fingerprint density at radius 2 is 2.09 bits per heavy atom. The van der Waals surface area contributed by atoms with Crippen LogP contribution in [0, 0.1) is 0 Å². The predicted molar refractivity (Wildman–Crippen MR) is 70.9 cm³/mol. The number of amides is 1. The van der Waals surface area contributed by atoms with Crippen molar-refractivity contribution in [3.05, 3.63) is 28.4 Å². The Morgan fingerprint density at radius 3 is 2.65 bits per heavy atom. The van der Waals surface area contributed by atoms with Gasteiger partial charge in [0.25, 0.3) is 11.5 Å². The van der Waals surface area contributed by atoms with E-state index < -0.39 is 56.1 Å². The lowest BCUT2D eigenvalue weighted by Gasteiger charge is -2.17. The molecule has 1 aromatic rings. The molecule has 2 heterocycles. The number of primary amides is 1. The summed E-state index contributed by atoms with van der Waals surface area (Å²) in [6, 6.07) is 0. The van der Waals surface area contributed by atoms with Crippen LogP contribution in [0.5, 0.6) is 0 Å². The first-order chi connectivity index (χ1) is 10.6. The topological polar surface area (TPSA) is 194 Å². The minimum Gasteiger partial charge on any atom is -0.387 e. The van der Waals surface area contributed by atoms with Gasteiger partial charge in [-0.05, 0) is 0 Å². The minimum absolute atomic E-state index is 0.590. The Labute approximate surface area is 128 Å². The van der Waals surface area contributed by atoms with E-state index in [0.29, 0.717) is 0 Å². The van der Waals surface area contributed by atoms with Crippen LogP contribution in [-0.4, -0.2) is 60.4 Å². The number of phosphoric acid groups is 1. The maximum atomic E-state index is 12.0. The number of nitrogens with two attached hydrogens (primary N) is 1. The second-order valence-electron chi connectivity index (χ2n) is 4.69. The van der Waals surface area contributed by atoms with E-state index in [1.54, 1.807) is 0 Å². The second-order valence-corrected chi connectivity index (χ2v) is 5.92. The van der Waals surface area contributed by atoms with E-state index >= 15 is 0 Å². The summed E-state index contributed by atoms with van der Waals surface area (Å²) in [4.78, 5) is 43.9. The summed E-state index contributed by atoms with van der Waals surface area (Å²) >= 11 is 0. The molecule has 1 aromatic heterocycles. The summed E-state index contributed by atoms with van der Waals surface area (Å²) < 4.78 is 20.9. The van der Waals surface area contributed by atoms with Crippen molar-refractivity contribution in [2.45, 2.75) is 24.5 Å². The van der Waals surface area contributed by atoms with Crippen molar-refractivity contribution in [1.82, 2.24) is 9.55 Å². The fourth-order valence-corrected chi connectivity index (χ4v) is 2.40. The third-order valence-corrected chi connectivity index (χ3v) is 3.61. The molecule has 0 aromatic carbocycles. The third-order valence-electron chi connectivity index (χ3n) is 3.12. The highest BCUT2D eigenvalue weighted by Gasteiger charge is 2.45. The van der Waals surface area contributed by atoms with Crippen LogP contribution < -0.4 is 11.3 Å². The van der Waals surface area contributed by atoms with Crippen molar-refractivity contribution in [1.29, 1.82) is 0 Å². The van der Waals surface area contributed by atoms with E-state index in [1.807, 2.05) is 0 Å². The molecule has 2 rings (SSSR count). The molecule has 12 nitrogen and oxygen atoms in total. The fraction of sp³-hybridized carbons (Fsp3) is 0.500.